The number of ether oxygens (including phenoxy) is 2. The van der Waals surface area contributed by atoms with E-state index in [-0.39, 0.29) is 24.5 Å². The number of rotatable bonds is 6. The number of carbonyl (C=O) groups excluding carboxylic acids is 1. The zero-order valence-corrected chi connectivity index (χ0v) is 13.7. The van der Waals surface area contributed by atoms with E-state index in [0.29, 0.717) is 22.6 Å². The van der Waals surface area contributed by atoms with Gasteiger partial charge in [-0.1, -0.05) is 18.7 Å². The molecule has 23 heavy (non-hydrogen) atoms. The standard InChI is InChI=1S/C15H17N3O4S/c1-3-9(2)16-13(19)7-23-15-18-17-14(22-15)10-4-5-11-12(6-10)21-8-20-11/h4-6,9H,3,7-8H2,1-2H3,(H,16,19)/t9-/m1/s1. The Hall–Kier alpha value is -2.22. The van der Waals surface area contributed by atoms with Crippen LogP contribution in [0.2, 0.25) is 0 Å². The van der Waals surface area contributed by atoms with Crippen molar-refractivity contribution in [2.75, 3.05) is 12.5 Å². The molecule has 0 saturated carbocycles. The highest BCUT2D eigenvalue weighted by molar-refractivity contribution is 7.99. The maximum atomic E-state index is 11.7. The molecule has 0 spiro atoms. The summed E-state index contributed by atoms with van der Waals surface area (Å²) in [5.74, 6) is 1.93. The summed E-state index contributed by atoms with van der Waals surface area (Å²) in [6.07, 6.45) is 0.894. The van der Waals surface area contributed by atoms with Crippen LogP contribution in [0.1, 0.15) is 20.3 Å². The van der Waals surface area contributed by atoms with Crippen molar-refractivity contribution in [2.45, 2.75) is 31.5 Å². The number of benzene rings is 1. The molecule has 0 bridgehead atoms. The first-order valence-corrected chi connectivity index (χ1v) is 8.30. The quantitative estimate of drug-likeness (QED) is 0.811. The van der Waals surface area contributed by atoms with E-state index >= 15 is 0 Å². The van der Waals surface area contributed by atoms with Crippen molar-refractivity contribution in [2.24, 2.45) is 0 Å². The minimum atomic E-state index is -0.0489. The summed E-state index contributed by atoms with van der Waals surface area (Å²) in [6.45, 7) is 4.20. The van der Waals surface area contributed by atoms with Gasteiger partial charge >= 0.3 is 0 Å². The van der Waals surface area contributed by atoms with Gasteiger partial charge in [0.25, 0.3) is 5.22 Å². The molecule has 1 N–H and O–H groups in total. The Bertz CT molecular complexity index is 704. The number of amides is 1. The van der Waals surface area contributed by atoms with Crippen molar-refractivity contribution in [3.63, 3.8) is 0 Å². The molecule has 0 fully saturated rings. The molecule has 8 heteroatoms. The lowest BCUT2D eigenvalue weighted by molar-refractivity contribution is -0.119. The molecule has 1 aromatic heterocycles. The highest BCUT2D eigenvalue weighted by Gasteiger charge is 2.17. The summed E-state index contributed by atoms with van der Waals surface area (Å²) in [5.41, 5.74) is 0.748. The molecule has 2 aromatic rings. The molecule has 0 saturated heterocycles. The topological polar surface area (TPSA) is 86.5 Å². The van der Waals surface area contributed by atoms with Crippen LogP contribution in [0.4, 0.5) is 0 Å². The molecule has 1 aliphatic heterocycles. The Labute approximate surface area is 137 Å². The maximum absolute atomic E-state index is 11.7. The van der Waals surface area contributed by atoms with E-state index in [1.54, 1.807) is 12.1 Å². The zero-order valence-electron chi connectivity index (χ0n) is 12.9. The van der Waals surface area contributed by atoms with Crippen LogP contribution in [-0.2, 0) is 4.79 Å². The molecule has 3 rings (SSSR count). The van der Waals surface area contributed by atoms with Crippen LogP contribution in [0.3, 0.4) is 0 Å². The van der Waals surface area contributed by atoms with Crippen molar-refractivity contribution in [3.05, 3.63) is 18.2 Å². The van der Waals surface area contributed by atoms with Crippen LogP contribution >= 0.6 is 11.8 Å². The normalized spacial score (nSPS) is 13.8. The van der Waals surface area contributed by atoms with Crippen molar-refractivity contribution in [3.8, 4) is 23.0 Å². The molecular weight excluding hydrogens is 318 g/mol. The van der Waals surface area contributed by atoms with Gasteiger partial charge in [-0.05, 0) is 31.5 Å². The van der Waals surface area contributed by atoms with Crippen LogP contribution in [0.25, 0.3) is 11.5 Å². The summed E-state index contributed by atoms with van der Waals surface area (Å²) in [6, 6.07) is 5.58. The Balaban J connectivity index is 1.61. The van der Waals surface area contributed by atoms with E-state index in [2.05, 4.69) is 15.5 Å². The molecule has 0 unspecified atom stereocenters. The van der Waals surface area contributed by atoms with Crippen LogP contribution in [0, 0.1) is 0 Å². The van der Waals surface area contributed by atoms with Crippen molar-refractivity contribution in [1.82, 2.24) is 15.5 Å². The van der Waals surface area contributed by atoms with Crippen LogP contribution in [-0.4, -0.2) is 34.7 Å². The highest BCUT2D eigenvalue weighted by Crippen LogP contribution is 2.35. The number of nitrogens with zero attached hydrogens (tertiary/aromatic N) is 2. The third kappa shape index (κ3) is 3.76. The second-order valence-electron chi connectivity index (χ2n) is 5.11. The molecule has 1 atom stereocenters. The molecule has 2 heterocycles. The molecular formula is C15H17N3O4S. The Morgan fingerprint density at radius 2 is 2.17 bits per heavy atom. The average molecular weight is 335 g/mol. The largest absolute Gasteiger partial charge is 0.454 e. The predicted octanol–water partition coefficient (Wildman–Crippen LogP) is 2.47. The van der Waals surface area contributed by atoms with E-state index in [9.17, 15) is 4.79 Å². The lowest BCUT2D eigenvalue weighted by Gasteiger charge is -2.09. The Kier molecular flexibility index (Phi) is 4.71. The summed E-state index contributed by atoms with van der Waals surface area (Å²) in [4.78, 5) is 11.7. The van der Waals surface area contributed by atoms with Crippen LogP contribution in [0.15, 0.2) is 27.8 Å². The number of fused-ring (bicyclic) bond motifs is 1. The van der Waals surface area contributed by atoms with Crippen LogP contribution < -0.4 is 14.8 Å². The molecule has 1 aromatic carbocycles. The highest BCUT2D eigenvalue weighted by atomic mass is 32.2. The van der Waals surface area contributed by atoms with E-state index < -0.39 is 0 Å². The van der Waals surface area contributed by atoms with E-state index in [1.165, 1.54) is 11.8 Å². The van der Waals surface area contributed by atoms with Crippen molar-refractivity contribution >= 4 is 17.7 Å². The van der Waals surface area contributed by atoms with Gasteiger partial charge in [-0.3, -0.25) is 4.79 Å². The minimum absolute atomic E-state index is 0.0489. The van der Waals surface area contributed by atoms with E-state index in [0.717, 1.165) is 12.0 Å². The number of hydrogen-bond donors (Lipinski definition) is 1. The van der Waals surface area contributed by atoms with Crippen molar-refractivity contribution < 1.29 is 18.7 Å². The molecule has 0 aliphatic carbocycles. The van der Waals surface area contributed by atoms with Gasteiger partial charge in [0.05, 0.1) is 5.75 Å². The number of aromatic nitrogens is 2. The predicted molar refractivity (Wildman–Crippen MR) is 84.5 cm³/mol. The number of thioether (sulfide) groups is 1. The first-order valence-electron chi connectivity index (χ1n) is 7.31. The summed E-state index contributed by atoms with van der Waals surface area (Å²) < 4.78 is 16.2. The first kappa shape index (κ1) is 15.7. The van der Waals surface area contributed by atoms with Crippen LogP contribution in [0.5, 0.6) is 11.5 Å². The summed E-state index contributed by atoms with van der Waals surface area (Å²) in [7, 11) is 0. The van der Waals surface area contributed by atoms with Gasteiger partial charge in [0.1, 0.15) is 0 Å². The molecule has 1 aliphatic rings. The fourth-order valence-corrected chi connectivity index (χ4v) is 2.53. The number of hydrogen-bond acceptors (Lipinski definition) is 7. The Morgan fingerprint density at radius 1 is 1.35 bits per heavy atom. The van der Waals surface area contributed by atoms with Gasteiger partial charge in [0, 0.05) is 11.6 Å². The van der Waals surface area contributed by atoms with Gasteiger partial charge in [-0.15, -0.1) is 10.2 Å². The lowest BCUT2D eigenvalue weighted by atomic mass is 10.2. The van der Waals surface area contributed by atoms with Crippen molar-refractivity contribution in [1.29, 1.82) is 0 Å². The Morgan fingerprint density at radius 3 is 3.00 bits per heavy atom. The smallest absolute Gasteiger partial charge is 0.277 e. The minimum Gasteiger partial charge on any atom is -0.454 e. The fraction of sp³-hybridized carbons (Fsp3) is 0.400. The van der Waals surface area contributed by atoms with Gasteiger partial charge in [0.2, 0.25) is 18.6 Å². The third-order valence-corrected chi connectivity index (χ3v) is 4.19. The van der Waals surface area contributed by atoms with E-state index in [4.69, 9.17) is 13.9 Å². The zero-order chi connectivity index (χ0) is 16.2. The van der Waals surface area contributed by atoms with Gasteiger partial charge < -0.3 is 19.2 Å². The fourth-order valence-electron chi connectivity index (χ4n) is 1.96. The first-order chi connectivity index (χ1) is 11.2. The number of nitrogens with one attached hydrogen (secondary N) is 1. The van der Waals surface area contributed by atoms with E-state index in [1.807, 2.05) is 19.9 Å². The van der Waals surface area contributed by atoms with Gasteiger partial charge in [-0.25, -0.2) is 0 Å². The SMILES string of the molecule is CC[C@@H](C)NC(=O)CSc1nnc(-c2ccc3c(c2)OCO3)o1. The molecule has 122 valence electrons. The lowest BCUT2D eigenvalue weighted by Crippen LogP contribution is -2.33. The summed E-state index contributed by atoms with van der Waals surface area (Å²) >= 11 is 1.21. The molecule has 0 radical (unpaired) electrons. The molecule has 1 amide bonds. The van der Waals surface area contributed by atoms with Gasteiger partial charge in [-0.2, -0.15) is 0 Å². The monoisotopic (exact) mass is 335 g/mol. The maximum Gasteiger partial charge on any atom is 0.277 e. The molecule has 7 nitrogen and oxygen atoms in total. The average Bonchev–Trinajstić information content (AvgIpc) is 3.21. The summed E-state index contributed by atoms with van der Waals surface area (Å²) in [5, 5.41) is 11.2. The van der Waals surface area contributed by atoms with Gasteiger partial charge in [0.15, 0.2) is 11.5 Å². The second-order valence-corrected chi connectivity index (χ2v) is 6.03. The number of carbonyl (C=O) groups is 1. The second kappa shape index (κ2) is 6.91. The third-order valence-electron chi connectivity index (χ3n) is 3.37.